The van der Waals surface area contributed by atoms with E-state index in [0.29, 0.717) is 19.5 Å². The van der Waals surface area contributed by atoms with Gasteiger partial charge >= 0.3 is 0 Å². The Morgan fingerprint density at radius 3 is 2.33 bits per heavy atom. The summed E-state index contributed by atoms with van der Waals surface area (Å²) in [5.41, 5.74) is -0.140. The first-order valence-corrected chi connectivity index (χ1v) is 5.44. The Balaban J connectivity index is 2.63. The Morgan fingerprint density at radius 1 is 1.33 bits per heavy atom. The van der Waals surface area contributed by atoms with Crippen molar-refractivity contribution in [3.05, 3.63) is 0 Å². The molecular formula is C11H20N2O2. The molecule has 15 heavy (non-hydrogen) atoms. The molecule has 0 unspecified atom stereocenters. The molecule has 4 nitrogen and oxygen atoms in total. The smallest absolute Gasteiger partial charge is 0.242 e. The van der Waals surface area contributed by atoms with Gasteiger partial charge in [0.2, 0.25) is 11.8 Å². The first-order valence-electron chi connectivity index (χ1n) is 5.44. The lowest BCUT2D eigenvalue weighted by Crippen LogP contribution is -2.57. The van der Waals surface area contributed by atoms with Gasteiger partial charge in [0.05, 0.1) is 6.54 Å². The van der Waals surface area contributed by atoms with Gasteiger partial charge in [0, 0.05) is 25.0 Å². The van der Waals surface area contributed by atoms with E-state index < -0.39 is 0 Å². The third-order valence-electron chi connectivity index (χ3n) is 2.69. The highest BCUT2D eigenvalue weighted by molar-refractivity contribution is 5.86. The second-order valence-corrected chi connectivity index (χ2v) is 4.89. The molecule has 0 spiro atoms. The summed E-state index contributed by atoms with van der Waals surface area (Å²) in [6.45, 7) is 9.42. The van der Waals surface area contributed by atoms with Crippen molar-refractivity contribution < 1.29 is 9.59 Å². The SMILES string of the molecule is CCC(=O)N1CCN(C(C)(C)C)C(=O)C1. The summed E-state index contributed by atoms with van der Waals surface area (Å²) in [4.78, 5) is 26.7. The van der Waals surface area contributed by atoms with E-state index >= 15 is 0 Å². The zero-order valence-corrected chi connectivity index (χ0v) is 10.0. The van der Waals surface area contributed by atoms with Gasteiger partial charge in [0.15, 0.2) is 0 Å². The molecule has 1 saturated heterocycles. The largest absolute Gasteiger partial charge is 0.335 e. The minimum atomic E-state index is -0.140. The van der Waals surface area contributed by atoms with Crippen LogP contribution in [0.15, 0.2) is 0 Å². The summed E-state index contributed by atoms with van der Waals surface area (Å²) >= 11 is 0. The quantitative estimate of drug-likeness (QED) is 0.647. The fourth-order valence-electron chi connectivity index (χ4n) is 1.82. The van der Waals surface area contributed by atoms with Crippen molar-refractivity contribution >= 4 is 11.8 Å². The van der Waals surface area contributed by atoms with E-state index in [1.54, 1.807) is 4.90 Å². The molecule has 0 aliphatic carbocycles. The molecule has 1 heterocycles. The number of hydrogen-bond acceptors (Lipinski definition) is 2. The number of carbonyl (C=O) groups is 2. The van der Waals surface area contributed by atoms with E-state index in [4.69, 9.17) is 0 Å². The summed E-state index contributed by atoms with van der Waals surface area (Å²) in [6, 6.07) is 0. The molecule has 0 saturated carbocycles. The molecule has 0 aromatic heterocycles. The summed E-state index contributed by atoms with van der Waals surface area (Å²) in [7, 11) is 0. The van der Waals surface area contributed by atoms with Crippen molar-refractivity contribution in [3.63, 3.8) is 0 Å². The summed E-state index contributed by atoms with van der Waals surface area (Å²) in [5.74, 6) is 0.118. The molecule has 0 atom stereocenters. The summed E-state index contributed by atoms with van der Waals surface area (Å²) in [5, 5.41) is 0. The Bertz CT molecular complexity index is 268. The van der Waals surface area contributed by atoms with Crippen molar-refractivity contribution in [3.8, 4) is 0 Å². The number of hydrogen-bond donors (Lipinski definition) is 0. The van der Waals surface area contributed by atoms with Crippen LogP contribution in [0.5, 0.6) is 0 Å². The minimum absolute atomic E-state index is 0.0514. The zero-order valence-electron chi connectivity index (χ0n) is 10.0. The highest BCUT2D eigenvalue weighted by Crippen LogP contribution is 2.17. The van der Waals surface area contributed by atoms with Gasteiger partial charge in [0.1, 0.15) is 0 Å². The molecule has 0 radical (unpaired) electrons. The number of rotatable bonds is 1. The van der Waals surface area contributed by atoms with Crippen LogP contribution in [-0.4, -0.2) is 46.8 Å². The van der Waals surface area contributed by atoms with Gasteiger partial charge in [-0.2, -0.15) is 0 Å². The fraction of sp³-hybridized carbons (Fsp3) is 0.818. The van der Waals surface area contributed by atoms with Crippen LogP contribution in [0.2, 0.25) is 0 Å². The first-order chi connectivity index (χ1) is 6.86. The van der Waals surface area contributed by atoms with Crippen LogP contribution in [0, 0.1) is 0 Å². The molecule has 1 aliphatic rings. The molecule has 0 bridgehead atoms. The highest BCUT2D eigenvalue weighted by Gasteiger charge is 2.32. The number of nitrogens with zero attached hydrogens (tertiary/aromatic N) is 2. The van der Waals surface area contributed by atoms with Crippen molar-refractivity contribution in [2.45, 2.75) is 39.7 Å². The van der Waals surface area contributed by atoms with Gasteiger partial charge in [-0.15, -0.1) is 0 Å². The molecule has 0 N–H and O–H groups in total. The fourth-order valence-corrected chi connectivity index (χ4v) is 1.82. The van der Waals surface area contributed by atoms with Crippen LogP contribution in [0.3, 0.4) is 0 Å². The van der Waals surface area contributed by atoms with Crippen molar-refractivity contribution in [1.82, 2.24) is 9.80 Å². The zero-order chi connectivity index (χ0) is 11.6. The molecule has 1 rings (SSSR count). The predicted molar refractivity (Wildman–Crippen MR) is 58.3 cm³/mol. The average molecular weight is 212 g/mol. The second-order valence-electron chi connectivity index (χ2n) is 4.89. The normalized spacial score (nSPS) is 18.3. The Morgan fingerprint density at radius 2 is 1.93 bits per heavy atom. The van der Waals surface area contributed by atoms with Crippen molar-refractivity contribution in [1.29, 1.82) is 0 Å². The van der Waals surface area contributed by atoms with Crippen LogP contribution >= 0.6 is 0 Å². The first kappa shape index (κ1) is 12.0. The van der Waals surface area contributed by atoms with Gasteiger partial charge < -0.3 is 9.80 Å². The lowest BCUT2D eigenvalue weighted by Gasteiger charge is -2.42. The summed E-state index contributed by atoms with van der Waals surface area (Å²) < 4.78 is 0. The topological polar surface area (TPSA) is 40.6 Å². The molecule has 1 aliphatic heterocycles. The molecule has 0 aromatic carbocycles. The summed E-state index contributed by atoms with van der Waals surface area (Å²) in [6.07, 6.45) is 0.475. The van der Waals surface area contributed by atoms with Crippen LogP contribution in [0.25, 0.3) is 0 Å². The second kappa shape index (κ2) is 4.21. The van der Waals surface area contributed by atoms with Gasteiger partial charge in [0.25, 0.3) is 0 Å². The molecule has 1 fully saturated rings. The minimum Gasteiger partial charge on any atom is -0.335 e. The van der Waals surface area contributed by atoms with E-state index in [1.807, 2.05) is 32.6 Å². The standard InChI is InChI=1S/C11H20N2O2/c1-5-9(14)12-6-7-13(10(15)8-12)11(2,3)4/h5-8H2,1-4H3. The van der Waals surface area contributed by atoms with Crippen molar-refractivity contribution in [2.24, 2.45) is 0 Å². The average Bonchev–Trinajstić information content (AvgIpc) is 2.14. The molecule has 86 valence electrons. The maximum atomic E-state index is 11.8. The van der Waals surface area contributed by atoms with Crippen LogP contribution in [0.4, 0.5) is 0 Å². The van der Waals surface area contributed by atoms with E-state index in [1.165, 1.54) is 0 Å². The van der Waals surface area contributed by atoms with E-state index in [0.717, 1.165) is 0 Å². The van der Waals surface area contributed by atoms with Crippen LogP contribution < -0.4 is 0 Å². The van der Waals surface area contributed by atoms with Crippen molar-refractivity contribution in [2.75, 3.05) is 19.6 Å². The van der Waals surface area contributed by atoms with E-state index in [2.05, 4.69) is 0 Å². The Kier molecular flexibility index (Phi) is 3.37. The van der Waals surface area contributed by atoms with E-state index in [-0.39, 0.29) is 23.9 Å². The third kappa shape index (κ3) is 2.70. The van der Waals surface area contributed by atoms with Crippen LogP contribution in [-0.2, 0) is 9.59 Å². The van der Waals surface area contributed by atoms with Gasteiger partial charge in [-0.3, -0.25) is 9.59 Å². The van der Waals surface area contributed by atoms with Gasteiger partial charge in [-0.1, -0.05) is 6.92 Å². The third-order valence-corrected chi connectivity index (χ3v) is 2.69. The number of piperazine rings is 1. The van der Waals surface area contributed by atoms with Crippen LogP contribution in [0.1, 0.15) is 34.1 Å². The van der Waals surface area contributed by atoms with Gasteiger partial charge in [-0.05, 0) is 20.8 Å². The molecular weight excluding hydrogens is 192 g/mol. The number of carbonyl (C=O) groups excluding carboxylic acids is 2. The lowest BCUT2D eigenvalue weighted by atomic mass is 10.0. The maximum absolute atomic E-state index is 11.8. The maximum Gasteiger partial charge on any atom is 0.242 e. The lowest BCUT2D eigenvalue weighted by molar-refractivity contribution is -0.149. The Hall–Kier alpha value is -1.06. The molecule has 2 amide bonds. The van der Waals surface area contributed by atoms with E-state index in [9.17, 15) is 9.59 Å². The predicted octanol–water partition coefficient (Wildman–Crippen LogP) is 0.866. The number of amides is 2. The Labute approximate surface area is 91.2 Å². The molecule has 4 heteroatoms. The molecule has 0 aromatic rings. The monoisotopic (exact) mass is 212 g/mol. The van der Waals surface area contributed by atoms with Gasteiger partial charge in [-0.25, -0.2) is 0 Å². The highest BCUT2D eigenvalue weighted by atomic mass is 16.2.